The van der Waals surface area contributed by atoms with E-state index in [2.05, 4.69) is 15.9 Å². The Kier molecular flexibility index (Phi) is 2.12. The molecule has 0 aromatic heterocycles. The van der Waals surface area contributed by atoms with E-state index in [1.807, 2.05) is 24.3 Å². The topological polar surface area (TPSA) is 37.3 Å². The fourth-order valence-corrected chi connectivity index (χ4v) is 1.81. The van der Waals surface area contributed by atoms with Crippen LogP contribution in [0, 0.1) is 5.92 Å². The summed E-state index contributed by atoms with van der Waals surface area (Å²) in [6.07, 6.45) is 0.789. The lowest BCUT2D eigenvalue weighted by molar-refractivity contribution is -0.138. The van der Waals surface area contributed by atoms with Crippen molar-refractivity contribution in [3.63, 3.8) is 0 Å². The Morgan fingerprint density at radius 3 is 2.46 bits per heavy atom. The zero-order valence-corrected chi connectivity index (χ0v) is 8.49. The molecule has 1 fully saturated rings. The van der Waals surface area contributed by atoms with E-state index in [4.69, 9.17) is 5.11 Å². The molecular formula is C10H9BrO2. The maximum atomic E-state index is 10.6. The van der Waals surface area contributed by atoms with E-state index in [0.717, 1.165) is 16.5 Å². The maximum absolute atomic E-state index is 10.6. The number of aliphatic carboxylic acids is 1. The first-order valence-electron chi connectivity index (χ1n) is 4.17. The van der Waals surface area contributed by atoms with Crippen LogP contribution >= 0.6 is 15.9 Å². The third kappa shape index (κ3) is 1.75. The fraction of sp³-hybridized carbons (Fsp3) is 0.300. The second-order valence-corrected chi connectivity index (χ2v) is 4.25. The van der Waals surface area contributed by atoms with Gasteiger partial charge < -0.3 is 5.11 Å². The summed E-state index contributed by atoms with van der Waals surface area (Å²) in [7, 11) is 0. The minimum absolute atomic E-state index is 0.152. The van der Waals surface area contributed by atoms with Crippen molar-refractivity contribution in [3.05, 3.63) is 34.3 Å². The first-order valence-corrected chi connectivity index (χ1v) is 4.96. The molecule has 0 heterocycles. The molecule has 1 aliphatic carbocycles. The maximum Gasteiger partial charge on any atom is 0.307 e. The predicted molar refractivity (Wildman–Crippen MR) is 52.6 cm³/mol. The van der Waals surface area contributed by atoms with Crippen LogP contribution in [0.4, 0.5) is 0 Å². The van der Waals surface area contributed by atoms with Gasteiger partial charge in [0.15, 0.2) is 0 Å². The second kappa shape index (κ2) is 3.14. The molecule has 3 heteroatoms. The molecule has 1 saturated carbocycles. The van der Waals surface area contributed by atoms with Crippen molar-refractivity contribution < 1.29 is 9.90 Å². The summed E-state index contributed by atoms with van der Waals surface area (Å²) >= 11 is 3.34. The van der Waals surface area contributed by atoms with Crippen molar-refractivity contribution in [2.24, 2.45) is 5.92 Å². The SMILES string of the molecule is O=C(O)[C@@H]1C[C@H]1c1ccc(Br)cc1. The predicted octanol–water partition coefficient (Wildman–Crippen LogP) is 2.64. The summed E-state index contributed by atoms with van der Waals surface area (Å²) in [4.78, 5) is 10.6. The van der Waals surface area contributed by atoms with Crippen LogP contribution in [0.2, 0.25) is 0 Å². The molecular weight excluding hydrogens is 232 g/mol. The molecule has 0 bridgehead atoms. The van der Waals surface area contributed by atoms with Gasteiger partial charge in [0, 0.05) is 4.47 Å². The van der Waals surface area contributed by atoms with Crippen LogP contribution in [0.15, 0.2) is 28.7 Å². The molecule has 0 saturated heterocycles. The minimum atomic E-state index is -0.673. The van der Waals surface area contributed by atoms with Crippen LogP contribution in [0.1, 0.15) is 17.9 Å². The van der Waals surface area contributed by atoms with Crippen LogP contribution in [0.5, 0.6) is 0 Å². The largest absolute Gasteiger partial charge is 0.481 e. The molecule has 1 N–H and O–H groups in total. The third-order valence-electron chi connectivity index (χ3n) is 2.41. The monoisotopic (exact) mass is 240 g/mol. The molecule has 0 radical (unpaired) electrons. The van der Waals surface area contributed by atoms with Gasteiger partial charge >= 0.3 is 5.97 Å². The number of rotatable bonds is 2. The Morgan fingerprint density at radius 2 is 2.00 bits per heavy atom. The Balaban J connectivity index is 2.12. The molecule has 1 aromatic carbocycles. The Morgan fingerprint density at radius 1 is 1.38 bits per heavy atom. The molecule has 13 heavy (non-hydrogen) atoms. The standard InChI is InChI=1S/C10H9BrO2/c11-7-3-1-6(2-4-7)8-5-9(8)10(12)13/h1-4,8-9H,5H2,(H,12,13)/t8-,9+/m0/s1. The van der Waals surface area contributed by atoms with E-state index in [1.54, 1.807) is 0 Å². The fourth-order valence-electron chi connectivity index (χ4n) is 1.55. The molecule has 68 valence electrons. The number of halogens is 1. The van der Waals surface area contributed by atoms with Gasteiger partial charge in [-0.1, -0.05) is 28.1 Å². The third-order valence-corrected chi connectivity index (χ3v) is 2.93. The van der Waals surface area contributed by atoms with Crippen LogP contribution in [-0.4, -0.2) is 11.1 Å². The van der Waals surface area contributed by atoms with Gasteiger partial charge in [-0.3, -0.25) is 4.79 Å². The number of carboxylic acids is 1. The lowest BCUT2D eigenvalue weighted by Crippen LogP contribution is -1.98. The summed E-state index contributed by atoms with van der Waals surface area (Å²) in [5.74, 6) is -0.584. The lowest BCUT2D eigenvalue weighted by atomic mass is 10.1. The van der Waals surface area contributed by atoms with Crippen LogP contribution in [0.3, 0.4) is 0 Å². The number of hydrogen-bond donors (Lipinski definition) is 1. The van der Waals surface area contributed by atoms with E-state index in [9.17, 15) is 4.79 Å². The van der Waals surface area contributed by atoms with Crippen molar-refractivity contribution in [3.8, 4) is 0 Å². The molecule has 2 nitrogen and oxygen atoms in total. The van der Waals surface area contributed by atoms with Gasteiger partial charge in [-0.15, -0.1) is 0 Å². The summed E-state index contributed by atoms with van der Waals surface area (Å²) in [5, 5.41) is 8.73. The summed E-state index contributed by atoms with van der Waals surface area (Å²) in [6, 6.07) is 7.87. The van der Waals surface area contributed by atoms with E-state index in [-0.39, 0.29) is 11.8 Å². The normalized spacial score (nSPS) is 25.6. The average Bonchev–Trinajstić information content (AvgIpc) is 2.85. The zero-order chi connectivity index (χ0) is 9.42. The van der Waals surface area contributed by atoms with Gasteiger partial charge in [-0.2, -0.15) is 0 Å². The molecule has 2 rings (SSSR count). The van der Waals surface area contributed by atoms with Crippen molar-refractivity contribution in [1.82, 2.24) is 0 Å². The Hall–Kier alpha value is -0.830. The van der Waals surface area contributed by atoms with Crippen LogP contribution < -0.4 is 0 Å². The molecule has 0 amide bonds. The number of hydrogen-bond acceptors (Lipinski definition) is 1. The van der Waals surface area contributed by atoms with E-state index < -0.39 is 5.97 Å². The van der Waals surface area contributed by atoms with Gasteiger partial charge in [0.25, 0.3) is 0 Å². The van der Waals surface area contributed by atoms with Crippen molar-refractivity contribution in [2.45, 2.75) is 12.3 Å². The minimum Gasteiger partial charge on any atom is -0.481 e. The van der Waals surface area contributed by atoms with Gasteiger partial charge in [0.05, 0.1) is 5.92 Å². The second-order valence-electron chi connectivity index (χ2n) is 3.34. The molecule has 0 aliphatic heterocycles. The summed E-state index contributed by atoms with van der Waals surface area (Å²) < 4.78 is 1.03. The van der Waals surface area contributed by atoms with Gasteiger partial charge in [0.2, 0.25) is 0 Å². The summed E-state index contributed by atoms with van der Waals surface area (Å²) in [5.41, 5.74) is 1.13. The van der Waals surface area contributed by atoms with Gasteiger partial charge in [-0.25, -0.2) is 0 Å². The van der Waals surface area contributed by atoms with Crippen molar-refractivity contribution in [1.29, 1.82) is 0 Å². The Labute approximate surface area is 84.7 Å². The number of carboxylic acid groups (broad SMARTS) is 1. The highest BCUT2D eigenvalue weighted by Gasteiger charge is 2.43. The molecule has 1 aromatic rings. The van der Waals surface area contributed by atoms with Gasteiger partial charge in [-0.05, 0) is 30.0 Å². The highest BCUT2D eigenvalue weighted by atomic mass is 79.9. The first-order chi connectivity index (χ1) is 6.18. The Bertz CT molecular complexity index is 331. The van der Waals surface area contributed by atoms with E-state index in [0.29, 0.717) is 0 Å². The first kappa shape index (κ1) is 8.75. The van der Waals surface area contributed by atoms with Gasteiger partial charge in [0.1, 0.15) is 0 Å². The highest BCUT2D eigenvalue weighted by molar-refractivity contribution is 9.10. The molecule has 1 aliphatic rings. The van der Waals surface area contributed by atoms with Crippen LogP contribution in [-0.2, 0) is 4.79 Å². The zero-order valence-electron chi connectivity index (χ0n) is 6.90. The van der Waals surface area contributed by atoms with E-state index in [1.165, 1.54) is 0 Å². The van der Waals surface area contributed by atoms with Crippen molar-refractivity contribution in [2.75, 3.05) is 0 Å². The van der Waals surface area contributed by atoms with E-state index >= 15 is 0 Å². The molecule has 0 unspecified atom stereocenters. The number of benzene rings is 1. The highest BCUT2D eigenvalue weighted by Crippen LogP contribution is 2.47. The number of carbonyl (C=O) groups is 1. The van der Waals surface area contributed by atoms with Crippen molar-refractivity contribution >= 4 is 21.9 Å². The average molecular weight is 241 g/mol. The quantitative estimate of drug-likeness (QED) is 0.864. The molecule has 0 spiro atoms. The lowest BCUT2D eigenvalue weighted by Gasteiger charge is -1.97. The van der Waals surface area contributed by atoms with Crippen LogP contribution in [0.25, 0.3) is 0 Å². The summed E-state index contributed by atoms with van der Waals surface area (Å²) in [6.45, 7) is 0. The smallest absolute Gasteiger partial charge is 0.307 e. The molecule has 2 atom stereocenters.